The second kappa shape index (κ2) is 10.8. The first-order chi connectivity index (χ1) is 16.2. The van der Waals surface area contributed by atoms with E-state index in [1.54, 1.807) is 0 Å². The highest BCUT2D eigenvalue weighted by molar-refractivity contribution is 5.90. The van der Waals surface area contributed by atoms with Crippen LogP contribution in [0.1, 0.15) is 81.1 Å². The lowest BCUT2D eigenvalue weighted by atomic mass is 9.81. The number of amides is 2. The first-order valence-electron chi connectivity index (χ1n) is 12.2. The minimum absolute atomic E-state index is 0.250. The molecule has 0 bridgehead atoms. The highest BCUT2D eigenvalue weighted by Gasteiger charge is 2.39. The van der Waals surface area contributed by atoms with Crippen LogP contribution in [0.25, 0.3) is 0 Å². The molecule has 8 N–H and O–H groups in total. The molecule has 2 aliphatic heterocycles. The minimum Gasteiger partial charge on any atom is -0.387 e. The normalized spacial score (nSPS) is 25.7. The third-order valence-electron chi connectivity index (χ3n) is 6.12. The van der Waals surface area contributed by atoms with E-state index in [0.717, 1.165) is 0 Å². The van der Waals surface area contributed by atoms with Crippen LogP contribution in [0.15, 0.2) is 10.2 Å². The van der Waals surface area contributed by atoms with E-state index in [1.807, 2.05) is 55.4 Å². The van der Waals surface area contributed by atoms with Crippen LogP contribution in [0.5, 0.6) is 0 Å². The molecule has 0 spiro atoms. The Hall–Kier alpha value is -1.96. The number of aliphatic hydroxyl groups excluding tert-OH is 4. The molecule has 2 amide bonds. The number of hydrazone groups is 2. The lowest BCUT2D eigenvalue weighted by Gasteiger charge is -2.43. The molecule has 2 rings (SSSR count). The lowest BCUT2D eigenvalue weighted by molar-refractivity contribution is -0.155. The zero-order valence-electron chi connectivity index (χ0n) is 22.6. The smallest absolute Gasteiger partial charge is 0.271 e. The highest BCUT2D eigenvalue weighted by Crippen LogP contribution is 2.27. The maximum atomic E-state index is 12.3. The summed E-state index contributed by atoms with van der Waals surface area (Å²) in [7, 11) is 0. The van der Waals surface area contributed by atoms with Crippen LogP contribution < -0.4 is 21.5 Å². The Morgan fingerprint density at radius 3 is 1.14 bits per heavy atom. The average Bonchev–Trinajstić information content (AvgIpc) is 2.69. The number of piperidine rings is 2. The number of hydrogen-bond donors (Lipinski definition) is 8. The first-order valence-corrected chi connectivity index (χ1v) is 12.2. The van der Waals surface area contributed by atoms with Gasteiger partial charge in [0.1, 0.15) is 12.2 Å². The van der Waals surface area contributed by atoms with Crippen molar-refractivity contribution < 1.29 is 30.0 Å². The van der Waals surface area contributed by atoms with Gasteiger partial charge in [-0.25, -0.2) is 10.9 Å². The van der Waals surface area contributed by atoms with Crippen LogP contribution in [-0.2, 0) is 9.59 Å². The van der Waals surface area contributed by atoms with Crippen molar-refractivity contribution >= 4 is 23.2 Å². The molecule has 0 aliphatic carbocycles. The lowest BCUT2D eigenvalue weighted by Crippen LogP contribution is -2.58. The molecular weight excluding hydrogens is 468 g/mol. The van der Waals surface area contributed by atoms with Gasteiger partial charge in [0.2, 0.25) is 0 Å². The van der Waals surface area contributed by atoms with Gasteiger partial charge in [0.05, 0.1) is 0 Å². The standard InChI is InChI=1S/C24H44N6O6/c1-21(2)9-13(10-22(3,4)29-21)25-27-19(35)17(33)15(31)16(32)18(34)20(36)28-26-14-11-23(5,6)30-24(7,8)12-14/h15-18,29-34H,9-12H2,1-8H3,(H,27,35)(H,28,36). The Labute approximate surface area is 213 Å². The van der Waals surface area contributed by atoms with Gasteiger partial charge in [-0.15, -0.1) is 0 Å². The molecule has 4 atom stereocenters. The molecular formula is C24H44N6O6. The predicted molar refractivity (Wildman–Crippen MR) is 136 cm³/mol. The Morgan fingerprint density at radius 1 is 0.639 bits per heavy atom. The number of carbonyl (C=O) groups excluding carboxylic acids is 2. The molecule has 0 aromatic rings. The number of nitrogens with zero attached hydrogens (tertiary/aromatic N) is 2. The third-order valence-corrected chi connectivity index (χ3v) is 6.12. The number of hydrogen-bond acceptors (Lipinski definition) is 10. The summed E-state index contributed by atoms with van der Waals surface area (Å²) in [4.78, 5) is 24.7. The van der Waals surface area contributed by atoms with Crippen molar-refractivity contribution in [2.45, 2.75) is 128 Å². The number of nitrogens with one attached hydrogen (secondary N) is 4. The van der Waals surface area contributed by atoms with E-state index in [2.05, 4.69) is 31.7 Å². The van der Waals surface area contributed by atoms with Crippen LogP contribution in [0.3, 0.4) is 0 Å². The Balaban J connectivity index is 1.96. The molecule has 0 aromatic carbocycles. The summed E-state index contributed by atoms with van der Waals surface area (Å²) in [5.74, 6) is -2.15. The van der Waals surface area contributed by atoms with Gasteiger partial charge in [-0.3, -0.25) is 9.59 Å². The van der Waals surface area contributed by atoms with Crippen molar-refractivity contribution in [1.29, 1.82) is 0 Å². The van der Waals surface area contributed by atoms with Gasteiger partial charge in [-0.05, 0) is 55.4 Å². The minimum atomic E-state index is -2.14. The van der Waals surface area contributed by atoms with Gasteiger partial charge < -0.3 is 31.1 Å². The molecule has 0 saturated carbocycles. The zero-order chi connectivity index (χ0) is 27.7. The zero-order valence-corrected chi connectivity index (χ0v) is 22.6. The monoisotopic (exact) mass is 512 g/mol. The largest absolute Gasteiger partial charge is 0.387 e. The Bertz CT molecular complexity index is 790. The number of carbonyl (C=O) groups is 2. The van der Waals surface area contributed by atoms with E-state index in [0.29, 0.717) is 37.1 Å². The van der Waals surface area contributed by atoms with Crippen molar-refractivity contribution in [3.8, 4) is 0 Å². The van der Waals surface area contributed by atoms with Crippen LogP contribution in [0, 0.1) is 0 Å². The van der Waals surface area contributed by atoms with Gasteiger partial charge in [0.15, 0.2) is 12.2 Å². The van der Waals surface area contributed by atoms with Crippen LogP contribution in [0.4, 0.5) is 0 Å². The fourth-order valence-corrected chi connectivity index (χ4v) is 5.42. The molecule has 2 fully saturated rings. The van der Waals surface area contributed by atoms with Crippen molar-refractivity contribution in [3.05, 3.63) is 0 Å². The van der Waals surface area contributed by atoms with Crippen LogP contribution >= 0.6 is 0 Å². The van der Waals surface area contributed by atoms with Gasteiger partial charge >= 0.3 is 0 Å². The van der Waals surface area contributed by atoms with E-state index in [1.165, 1.54) is 0 Å². The molecule has 0 aromatic heterocycles. The molecule has 2 saturated heterocycles. The molecule has 4 unspecified atom stereocenters. The molecule has 36 heavy (non-hydrogen) atoms. The first kappa shape index (κ1) is 30.3. The van der Waals surface area contributed by atoms with E-state index in [4.69, 9.17) is 0 Å². The van der Waals surface area contributed by atoms with Crippen molar-refractivity contribution in [2.75, 3.05) is 0 Å². The van der Waals surface area contributed by atoms with Crippen molar-refractivity contribution in [3.63, 3.8) is 0 Å². The Morgan fingerprint density at radius 2 is 0.889 bits per heavy atom. The SMILES string of the molecule is CC1(C)CC(=NNC(=O)C(O)C(O)C(O)C(O)C(=O)NN=C2CC(C)(C)NC(C)(C)C2)CC(C)(C)N1. The van der Waals surface area contributed by atoms with Crippen molar-refractivity contribution in [1.82, 2.24) is 21.5 Å². The van der Waals surface area contributed by atoms with Gasteiger partial charge in [-0.2, -0.15) is 10.2 Å². The summed E-state index contributed by atoms with van der Waals surface area (Å²) in [6.07, 6.45) is -6.31. The van der Waals surface area contributed by atoms with Gasteiger partial charge in [-0.1, -0.05) is 0 Å². The van der Waals surface area contributed by atoms with Gasteiger partial charge in [0.25, 0.3) is 11.8 Å². The summed E-state index contributed by atoms with van der Waals surface area (Å²) < 4.78 is 0. The maximum absolute atomic E-state index is 12.3. The third kappa shape index (κ3) is 8.56. The van der Waals surface area contributed by atoms with Crippen molar-refractivity contribution in [2.24, 2.45) is 10.2 Å². The molecule has 12 heteroatoms. The molecule has 206 valence electrons. The summed E-state index contributed by atoms with van der Waals surface area (Å²) in [5.41, 5.74) is 4.80. The summed E-state index contributed by atoms with van der Waals surface area (Å²) in [6.45, 7) is 16.0. The molecule has 0 radical (unpaired) electrons. The highest BCUT2D eigenvalue weighted by atomic mass is 16.4. The molecule has 2 aliphatic rings. The summed E-state index contributed by atoms with van der Waals surface area (Å²) in [5, 5.41) is 56.0. The van der Waals surface area contributed by atoms with Crippen LogP contribution in [0.2, 0.25) is 0 Å². The molecule has 12 nitrogen and oxygen atoms in total. The maximum Gasteiger partial charge on any atom is 0.271 e. The fraction of sp³-hybridized carbons (Fsp3) is 0.833. The second-order valence-electron chi connectivity index (χ2n) is 12.7. The quantitative estimate of drug-likeness (QED) is 0.205. The number of aliphatic hydroxyl groups is 4. The van der Waals surface area contributed by atoms with E-state index < -0.39 is 36.2 Å². The van der Waals surface area contributed by atoms with Gasteiger partial charge in [0, 0.05) is 59.3 Å². The van der Waals surface area contributed by atoms with Crippen LogP contribution in [-0.4, -0.2) is 90.2 Å². The second-order valence-corrected chi connectivity index (χ2v) is 12.7. The van der Waals surface area contributed by atoms with E-state index in [-0.39, 0.29) is 22.2 Å². The summed E-state index contributed by atoms with van der Waals surface area (Å²) in [6, 6.07) is 0. The predicted octanol–water partition coefficient (Wildman–Crippen LogP) is -0.744. The topological polar surface area (TPSA) is 188 Å². The fourth-order valence-electron chi connectivity index (χ4n) is 5.42. The molecule has 2 heterocycles. The number of rotatable bonds is 7. The van der Waals surface area contributed by atoms with E-state index >= 15 is 0 Å². The average molecular weight is 513 g/mol. The summed E-state index contributed by atoms with van der Waals surface area (Å²) >= 11 is 0. The van der Waals surface area contributed by atoms with E-state index in [9.17, 15) is 30.0 Å². The Kier molecular flexibility index (Phi) is 9.08.